The fraction of sp³-hybridized carbons (Fsp3) is 0.857. The Balaban J connectivity index is 2.22. The summed E-state index contributed by atoms with van der Waals surface area (Å²) in [6.07, 6.45) is 16.9. The van der Waals surface area contributed by atoms with Crippen molar-refractivity contribution in [1.29, 1.82) is 0 Å². The molecule has 1 fully saturated rings. The van der Waals surface area contributed by atoms with Crippen molar-refractivity contribution >= 4 is 0 Å². The van der Waals surface area contributed by atoms with Crippen LogP contribution in [0.15, 0.2) is 0 Å². The molecule has 15 heavy (non-hydrogen) atoms. The van der Waals surface area contributed by atoms with Gasteiger partial charge in [-0.15, -0.1) is 12.3 Å². The van der Waals surface area contributed by atoms with E-state index in [1.165, 1.54) is 44.9 Å². The third kappa shape index (κ3) is 5.23. The third-order valence-corrected chi connectivity index (χ3v) is 3.51. The van der Waals surface area contributed by atoms with Gasteiger partial charge in [0.25, 0.3) is 0 Å². The van der Waals surface area contributed by atoms with E-state index in [-0.39, 0.29) is 6.10 Å². The zero-order valence-corrected chi connectivity index (χ0v) is 9.75. The van der Waals surface area contributed by atoms with Crippen LogP contribution in [0.4, 0.5) is 0 Å². The summed E-state index contributed by atoms with van der Waals surface area (Å²) in [5, 5.41) is 10.0. The van der Waals surface area contributed by atoms with E-state index < -0.39 is 0 Å². The topological polar surface area (TPSA) is 20.2 Å². The molecule has 86 valence electrons. The SMILES string of the molecule is C#CCCCC(O)C1CCCCCCC1. The number of unbranched alkanes of at least 4 members (excludes halogenated alkanes) is 1. The van der Waals surface area contributed by atoms with Crippen molar-refractivity contribution in [2.75, 3.05) is 0 Å². The Kier molecular flexibility index (Phi) is 6.52. The van der Waals surface area contributed by atoms with Gasteiger partial charge in [0.2, 0.25) is 0 Å². The molecule has 0 radical (unpaired) electrons. The first kappa shape index (κ1) is 12.6. The maximum atomic E-state index is 10.0. The van der Waals surface area contributed by atoms with Crippen molar-refractivity contribution in [3.63, 3.8) is 0 Å². The van der Waals surface area contributed by atoms with Crippen molar-refractivity contribution in [2.45, 2.75) is 70.3 Å². The van der Waals surface area contributed by atoms with E-state index in [1.54, 1.807) is 0 Å². The zero-order valence-electron chi connectivity index (χ0n) is 9.75. The summed E-state index contributed by atoms with van der Waals surface area (Å²) in [7, 11) is 0. The van der Waals surface area contributed by atoms with Gasteiger partial charge < -0.3 is 5.11 Å². The number of hydrogen-bond acceptors (Lipinski definition) is 1. The molecule has 1 aliphatic rings. The largest absolute Gasteiger partial charge is 0.393 e. The van der Waals surface area contributed by atoms with Crippen molar-refractivity contribution in [1.82, 2.24) is 0 Å². The maximum absolute atomic E-state index is 10.0. The van der Waals surface area contributed by atoms with Crippen molar-refractivity contribution in [3.05, 3.63) is 0 Å². The van der Waals surface area contributed by atoms with Crippen LogP contribution in [0.25, 0.3) is 0 Å². The van der Waals surface area contributed by atoms with Gasteiger partial charge >= 0.3 is 0 Å². The quantitative estimate of drug-likeness (QED) is 0.553. The summed E-state index contributed by atoms with van der Waals surface area (Å²) in [6, 6.07) is 0. The highest BCUT2D eigenvalue weighted by atomic mass is 16.3. The van der Waals surface area contributed by atoms with Crippen molar-refractivity contribution in [3.8, 4) is 12.3 Å². The molecular weight excluding hydrogens is 184 g/mol. The monoisotopic (exact) mass is 208 g/mol. The molecule has 0 spiro atoms. The lowest BCUT2D eigenvalue weighted by Crippen LogP contribution is -2.21. The molecule has 0 heterocycles. The molecule has 1 unspecified atom stereocenters. The van der Waals surface area contributed by atoms with Gasteiger partial charge in [0.15, 0.2) is 0 Å². The molecule has 0 aromatic rings. The van der Waals surface area contributed by atoms with E-state index in [4.69, 9.17) is 6.42 Å². The number of terminal acetylenes is 1. The highest BCUT2D eigenvalue weighted by Gasteiger charge is 2.19. The molecule has 0 amide bonds. The van der Waals surface area contributed by atoms with E-state index in [2.05, 4.69) is 5.92 Å². The molecule has 0 bridgehead atoms. The Morgan fingerprint density at radius 2 is 1.73 bits per heavy atom. The molecule has 0 saturated heterocycles. The van der Waals surface area contributed by atoms with Crippen LogP contribution in [0, 0.1) is 18.3 Å². The van der Waals surface area contributed by atoms with Crippen molar-refractivity contribution in [2.24, 2.45) is 5.92 Å². The molecule has 1 aliphatic carbocycles. The average molecular weight is 208 g/mol. The van der Waals surface area contributed by atoms with Gasteiger partial charge in [0.05, 0.1) is 6.10 Å². The molecule has 0 aliphatic heterocycles. The molecule has 1 atom stereocenters. The standard InChI is InChI=1S/C14H24O/c1-2-3-7-12-14(15)13-10-8-5-4-6-9-11-13/h1,13-15H,3-12H2. The van der Waals surface area contributed by atoms with Gasteiger partial charge in [-0.3, -0.25) is 0 Å². The Hall–Kier alpha value is -0.480. The predicted octanol–water partition coefficient (Wildman–Crippen LogP) is 3.51. The minimum absolute atomic E-state index is 0.101. The van der Waals surface area contributed by atoms with Gasteiger partial charge in [0.1, 0.15) is 0 Å². The number of aliphatic hydroxyl groups excluding tert-OH is 1. The number of rotatable bonds is 4. The molecule has 1 N–H and O–H groups in total. The van der Waals surface area contributed by atoms with Crippen LogP contribution >= 0.6 is 0 Å². The Bertz CT molecular complexity index is 184. The molecule has 1 rings (SSSR count). The minimum atomic E-state index is -0.101. The second-order valence-corrected chi connectivity index (χ2v) is 4.77. The van der Waals surface area contributed by atoms with Crippen molar-refractivity contribution < 1.29 is 5.11 Å². The lowest BCUT2D eigenvalue weighted by atomic mass is 9.85. The van der Waals surface area contributed by atoms with Gasteiger partial charge in [-0.25, -0.2) is 0 Å². The van der Waals surface area contributed by atoms with Gasteiger partial charge in [-0.2, -0.15) is 0 Å². The fourth-order valence-corrected chi connectivity index (χ4v) is 2.52. The Labute approximate surface area is 94.3 Å². The van der Waals surface area contributed by atoms with E-state index in [0.717, 1.165) is 19.3 Å². The summed E-state index contributed by atoms with van der Waals surface area (Å²) >= 11 is 0. The maximum Gasteiger partial charge on any atom is 0.0568 e. The van der Waals surface area contributed by atoms with Gasteiger partial charge in [-0.1, -0.05) is 32.1 Å². The summed E-state index contributed by atoms with van der Waals surface area (Å²) in [4.78, 5) is 0. The normalized spacial score (nSPS) is 21.3. The smallest absolute Gasteiger partial charge is 0.0568 e. The van der Waals surface area contributed by atoms with Crippen LogP contribution in [0.2, 0.25) is 0 Å². The molecule has 0 aromatic heterocycles. The summed E-state index contributed by atoms with van der Waals surface area (Å²) in [6.45, 7) is 0. The van der Waals surface area contributed by atoms with E-state index in [9.17, 15) is 5.11 Å². The summed E-state index contributed by atoms with van der Waals surface area (Å²) < 4.78 is 0. The zero-order chi connectivity index (χ0) is 10.9. The first-order chi connectivity index (χ1) is 7.34. The Morgan fingerprint density at radius 3 is 2.33 bits per heavy atom. The lowest BCUT2D eigenvalue weighted by molar-refractivity contribution is 0.0817. The van der Waals surface area contributed by atoms with E-state index in [1.807, 2.05) is 0 Å². The third-order valence-electron chi connectivity index (χ3n) is 3.51. The van der Waals surface area contributed by atoms with Crippen LogP contribution in [-0.4, -0.2) is 11.2 Å². The van der Waals surface area contributed by atoms with E-state index >= 15 is 0 Å². The highest BCUT2D eigenvalue weighted by molar-refractivity contribution is 4.84. The second-order valence-electron chi connectivity index (χ2n) is 4.77. The van der Waals surface area contributed by atoms with Crippen LogP contribution in [0.3, 0.4) is 0 Å². The lowest BCUT2D eigenvalue weighted by Gasteiger charge is -2.24. The summed E-state index contributed by atoms with van der Waals surface area (Å²) in [5.74, 6) is 3.18. The molecule has 1 nitrogen and oxygen atoms in total. The first-order valence-corrected chi connectivity index (χ1v) is 6.46. The molecule has 0 aromatic carbocycles. The van der Waals surface area contributed by atoms with Gasteiger partial charge in [-0.05, 0) is 31.6 Å². The number of aliphatic hydroxyl groups is 1. The minimum Gasteiger partial charge on any atom is -0.393 e. The average Bonchev–Trinajstić information content (AvgIpc) is 2.17. The fourth-order valence-electron chi connectivity index (χ4n) is 2.52. The van der Waals surface area contributed by atoms with Crippen LogP contribution < -0.4 is 0 Å². The Morgan fingerprint density at radius 1 is 1.13 bits per heavy atom. The van der Waals surface area contributed by atoms with Crippen LogP contribution in [-0.2, 0) is 0 Å². The van der Waals surface area contributed by atoms with Gasteiger partial charge in [0, 0.05) is 6.42 Å². The molecular formula is C14H24O. The molecule has 1 saturated carbocycles. The number of hydrogen-bond donors (Lipinski definition) is 1. The molecule has 1 heteroatoms. The predicted molar refractivity (Wildman–Crippen MR) is 64.5 cm³/mol. The van der Waals surface area contributed by atoms with Crippen LogP contribution in [0.5, 0.6) is 0 Å². The summed E-state index contributed by atoms with van der Waals surface area (Å²) in [5.41, 5.74) is 0. The van der Waals surface area contributed by atoms with E-state index in [0.29, 0.717) is 5.92 Å². The first-order valence-electron chi connectivity index (χ1n) is 6.46. The van der Waals surface area contributed by atoms with Crippen LogP contribution in [0.1, 0.15) is 64.2 Å². The second kappa shape index (κ2) is 7.77. The highest BCUT2D eigenvalue weighted by Crippen LogP contribution is 2.26.